The second-order valence-electron chi connectivity index (χ2n) is 5.35. The van der Waals surface area contributed by atoms with E-state index in [2.05, 4.69) is 0 Å². The maximum absolute atomic E-state index is 10.1. The van der Waals surface area contributed by atoms with Gasteiger partial charge in [-0.05, 0) is 36.5 Å². The molecular weight excluding hydrogens is 267 g/mol. The van der Waals surface area contributed by atoms with Gasteiger partial charge in [0.05, 0.1) is 16.1 Å². The van der Waals surface area contributed by atoms with Gasteiger partial charge in [-0.15, -0.1) is 0 Å². The van der Waals surface area contributed by atoms with Crippen molar-refractivity contribution in [2.75, 3.05) is 0 Å². The molecule has 1 N–H and O–H groups in total. The third-order valence-electron chi connectivity index (χ3n) is 3.79. The van der Waals surface area contributed by atoms with Gasteiger partial charge in [-0.1, -0.05) is 61.4 Å². The van der Waals surface area contributed by atoms with Crippen LogP contribution in [0.5, 0.6) is 0 Å². The number of aliphatic hydroxyl groups excluding tert-OH is 1. The molecule has 0 aromatic heterocycles. The Hall–Kier alpha value is -0.240. The summed E-state index contributed by atoms with van der Waals surface area (Å²) in [6.45, 7) is 0. The Morgan fingerprint density at radius 3 is 2.50 bits per heavy atom. The lowest BCUT2D eigenvalue weighted by Crippen LogP contribution is -2.18. The number of benzene rings is 1. The van der Waals surface area contributed by atoms with Crippen LogP contribution in [0, 0.1) is 5.92 Å². The van der Waals surface area contributed by atoms with E-state index in [1.54, 1.807) is 6.07 Å². The fraction of sp³-hybridized carbons (Fsp3) is 0.600. The van der Waals surface area contributed by atoms with Crippen LogP contribution in [0.4, 0.5) is 0 Å². The highest BCUT2D eigenvalue weighted by atomic mass is 35.5. The summed E-state index contributed by atoms with van der Waals surface area (Å²) in [5.74, 6) is 0.705. The van der Waals surface area contributed by atoms with Crippen molar-refractivity contribution in [1.29, 1.82) is 0 Å². The Morgan fingerprint density at radius 2 is 1.83 bits per heavy atom. The molecule has 0 bridgehead atoms. The summed E-state index contributed by atoms with van der Waals surface area (Å²) in [5, 5.41) is 11.3. The smallest absolute Gasteiger partial charge is 0.0595 e. The van der Waals surface area contributed by atoms with Gasteiger partial charge in [-0.2, -0.15) is 0 Å². The Morgan fingerprint density at radius 1 is 1.11 bits per heavy atom. The molecule has 1 aromatic carbocycles. The molecule has 1 nitrogen and oxygen atoms in total. The topological polar surface area (TPSA) is 20.2 Å². The minimum atomic E-state index is -0.259. The van der Waals surface area contributed by atoms with Gasteiger partial charge < -0.3 is 5.11 Å². The molecule has 1 saturated carbocycles. The molecule has 1 atom stereocenters. The number of aliphatic hydroxyl groups is 1. The molecular formula is C15H20Cl2O. The van der Waals surface area contributed by atoms with E-state index in [9.17, 15) is 5.11 Å². The first-order valence-corrected chi connectivity index (χ1v) is 7.52. The molecule has 0 spiro atoms. The van der Waals surface area contributed by atoms with E-state index in [0.717, 1.165) is 12.0 Å². The van der Waals surface area contributed by atoms with Gasteiger partial charge in [-0.25, -0.2) is 0 Å². The summed E-state index contributed by atoms with van der Waals surface area (Å²) >= 11 is 11.9. The summed E-state index contributed by atoms with van der Waals surface area (Å²) in [4.78, 5) is 0. The van der Waals surface area contributed by atoms with E-state index in [4.69, 9.17) is 23.2 Å². The van der Waals surface area contributed by atoms with Crippen molar-refractivity contribution in [3.63, 3.8) is 0 Å². The summed E-state index contributed by atoms with van der Waals surface area (Å²) in [6.07, 6.45) is 7.89. The minimum absolute atomic E-state index is 0.259. The third-order valence-corrected chi connectivity index (χ3v) is 4.52. The number of rotatable bonds is 4. The Bertz CT molecular complexity index is 386. The first-order valence-electron chi connectivity index (χ1n) is 6.77. The average molecular weight is 287 g/mol. The predicted octanol–water partition coefficient (Wildman–Crippen LogP) is 4.87. The molecule has 1 aliphatic carbocycles. The molecule has 100 valence electrons. The number of halogens is 2. The van der Waals surface area contributed by atoms with Gasteiger partial charge in [0, 0.05) is 0 Å². The van der Waals surface area contributed by atoms with Gasteiger partial charge in [0.15, 0.2) is 0 Å². The van der Waals surface area contributed by atoms with Gasteiger partial charge in [-0.3, -0.25) is 0 Å². The van der Waals surface area contributed by atoms with Crippen LogP contribution in [0.15, 0.2) is 18.2 Å². The van der Waals surface area contributed by atoms with Crippen molar-refractivity contribution in [3.05, 3.63) is 33.8 Å². The highest BCUT2D eigenvalue weighted by Gasteiger charge is 2.17. The fourth-order valence-corrected chi connectivity index (χ4v) is 3.15. The highest BCUT2D eigenvalue weighted by molar-refractivity contribution is 6.42. The van der Waals surface area contributed by atoms with Gasteiger partial charge >= 0.3 is 0 Å². The average Bonchev–Trinajstić information content (AvgIpc) is 2.35. The molecule has 0 aliphatic heterocycles. The van der Waals surface area contributed by atoms with Crippen LogP contribution >= 0.6 is 23.2 Å². The Balaban J connectivity index is 1.85. The normalized spacial score (nSPS) is 18.8. The lowest BCUT2D eigenvalue weighted by atomic mass is 9.84. The van der Waals surface area contributed by atoms with Crippen LogP contribution in [0.2, 0.25) is 10.0 Å². The van der Waals surface area contributed by atoms with E-state index >= 15 is 0 Å². The molecule has 1 fully saturated rings. The minimum Gasteiger partial charge on any atom is -0.393 e. The molecule has 0 saturated heterocycles. The third kappa shape index (κ3) is 4.15. The zero-order valence-corrected chi connectivity index (χ0v) is 12.1. The molecule has 0 radical (unpaired) electrons. The maximum Gasteiger partial charge on any atom is 0.0595 e. The van der Waals surface area contributed by atoms with Crippen LogP contribution < -0.4 is 0 Å². The summed E-state index contributed by atoms with van der Waals surface area (Å²) in [6, 6.07) is 5.60. The van der Waals surface area contributed by atoms with Crippen molar-refractivity contribution in [1.82, 2.24) is 0 Å². The first kappa shape index (κ1) is 14.2. The molecule has 0 amide bonds. The van der Waals surface area contributed by atoms with Gasteiger partial charge in [0.25, 0.3) is 0 Å². The van der Waals surface area contributed by atoms with E-state index < -0.39 is 0 Å². The highest BCUT2D eigenvalue weighted by Crippen LogP contribution is 2.29. The van der Waals surface area contributed by atoms with E-state index in [1.807, 2.05) is 12.1 Å². The van der Waals surface area contributed by atoms with Crippen molar-refractivity contribution in [3.8, 4) is 0 Å². The second-order valence-corrected chi connectivity index (χ2v) is 6.16. The zero-order valence-electron chi connectivity index (χ0n) is 10.5. The van der Waals surface area contributed by atoms with Crippen LogP contribution in [-0.2, 0) is 6.42 Å². The summed E-state index contributed by atoms with van der Waals surface area (Å²) in [5.41, 5.74) is 1.06. The summed E-state index contributed by atoms with van der Waals surface area (Å²) in [7, 11) is 0. The van der Waals surface area contributed by atoms with Crippen LogP contribution in [-0.4, -0.2) is 11.2 Å². The second kappa shape index (κ2) is 6.79. The van der Waals surface area contributed by atoms with Crippen molar-refractivity contribution >= 4 is 23.2 Å². The molecule has 2 rings (SSSR count). The van der Waals surface area contributed by atoms with Crippen molar-refractivity contribution in [2.24, 2.45) is 5.92 Å². The van der Waals surface area contributed by atoms with E-state index in [0.29, 0.717) is 22.4 Å². The monoisotopic (exact) mass is 286 g/mol. The van der Waals surface area contributed by atoms with Crippen molar-refractivity contribution < 1.29 is 5.11 Å². The fourth-order valence-electron chi connectivity index (χ4n) is 2.83. The van der Waals surface area contributed by atoms with Crippen LogP contribution in [0.25, 0.3) is 0 Å². The van der Waals surface area contributed by atoms with Crippen LogP contribution in [0.3, 0.4) is 0 Å². The number of hydrogen-bond acceptors (Lipinski definition) is 1. The van der Waals surface area contributed by atoms with Gasteiger partial charge in [0.2, 0.25) is 0 Å². The largest absolute Gasteiger partial charge is 0.393 e. The predicted molar refractivity (Wildman–Crippen MR) is 77.4 cm³/mol. The quantitative estimate of drug-likeness (QED) is 0.837. The standard InChI is InChI=1S/C15H20Cl2O/c16-14-7-6-12(10-15(14)17)9-13(18)8-11-4-2-1-3-5-11/h6-7,10-11,13,18H,1-5,8-9H2. The lowest BCUT2D eigenvalue weighted by molar-refractivity contribution is 0.130. The molecule has 1 aromatic rings. The van der Waals surface area contributed by atoms with E-state index in [1.165, 1.54) is 32.1 Å². The SMILES string of the molecule is OC(Cc1ccc(Cl)c(Cl)c1)CC1CCCCC1. The number of hydrogen-bond donors (Lipinski definition) is 1. The zero-order chi connectivity index (χ0) is 13.0. The van der Waals surface area contributed by atoms with Crippen molar-refractivity contribution in [2.45, 2.75) is 51.0 Å². The first-order chi connectivity index (χ1) is 8.65. The molecule has 1 aliphatic rings. The van der Waals surface area contributed by atoms with Crippen LogP contribution in [0.1, 0.15) is 44.1 Å². The molecule has 3 heteroatoms. The molecule has 0 heterocycles. The Labute approximate surface area is 119 Å². The summed E-state index contributed by atoms with van der Waals surface area (Å²) < 4.78 is 0. The Kier molecular flexibility index (Phi) is 5.35. The molecule has 18 heavy (non-hydrogen) atoms. The van der Waals surface area contributed by atoms with Gasteiger partial charge in [0.1, 0.15) is 0 Å². The van der Waals surface area contributed by atoms with E-state index in [-0.39, 0.29) is 6.10 Å². The molecule has 1 unspecified atom stereocenters. The lowest BCUT2D eigenvalue weighted by Gasteiger charge is -2.24. The maximum atomic E-state index is 10.1.